The quantitative estimate of drug-likeness (QED) is 0.304. The minimum absolute atomic E-state index is 0.0479. The molecule has 5 rings (SSSR count). The van der Waals surface area contributed by atoms with Crippen LogP contribution in [0.3, 0.4) is 0 Å². The van der Waals surface area contributed by atoms with Crippen molar-refractivity contribution in [3.8, 4) is 16.9 Å². The van der Waals surface area contributed by atoms with Crippen LogP contribution in [-0.4, -0.2) is 56.7 Å². The fourth-order valence-corrected chi connectivity index (χ4v) is 4.16. The Labute approximate surface area is 206 Å². The molecule has 176 valence electrons. The second kappa shape index (κ2) is 9.55. The summed E-state index contributed by atoms with van der Waals surface area (Å²) in [5.74, 6) is 0.542. The SMILES string of the molecule is O=C(c1cc(-c2ccc(Cl)cc2)nn1-c1ccccc1)N1CCN(c2ccc([N+](=O)[O-])cn2)CC1. The Kier molecular flexibility index (Phi) is 6.15. The lowest BCUT2D eigenvalue weighted by molar-refractivity contribution is -0.385. The van der Waals surface area contributed by atoms with Gasteiger partial charge >= 0.3 is 0 Å². The molecule has 1 aliphatic heterocycles. The van der Waals surface area contributed by atoms with Crippen LogP contribution in [0.4, 0.5) is 11.5 Å². The van der Waals surface area contributed by atoms with E-state index in [9.17, 15) is 14.9 Å². The van der Waals surface area contributed by atoms with Crippen LogP contribution in [0.2, 0.25) is 5.02 Å². The molecule has 1 aliphatic rings. The van der Waals surface area contributed by atoms with Gasteiger partial charge in [0.15, 0.2) is 0 Å². The first kappa shape index (κ1) is 22.5. The van der Waals surface area contributed by atoms with Gasteiger partial charge in [-0.1, -0.05) is 41.9 Å². The average molecular weight is 489 g/mol. The van der Waals surface area contributed by atoms with Crippen LogP contribution in [0.25, 0.3) is 16.9 Å². The summed E-state index contributed by atoms with van der Waals surface area (Å²) in [6, 6.07) is 21.8. The molecule has 1 saturated heterocycles. The van der Waals surface area contributed by atoms with Gasteiger partial charge in [0.1, 0.15) is 17.7 Å². The first-order chi connectivity index (χ1) is 17.0. The van der Waals surface area contributed by atoms with Crippen molar-refractivity contribution in [1.82, 2.24) is 19.7 Å². The molecular formula is C25H21ClN6O3. The number of nitrogens with zero attached hydrogens (tertiary/aromatic N) is 6. The van der Waals surface area contributed by atoms with Gasteiger partial charge in [-0.05, 0) is 36.4 Å². The third-order valence-corrected chi connectivity index (χ3v) is 6.16. The minimum atomic E-state index is -0.471. The van der Waals surface area contributed by atoms with E-state index in [1.54, 1.807) is 27.8 Å². The van der Waals surface area contributed by atoms with Gasteiger partial charge in [-0.15, -0.1) is 0 Å². The lowest BCUT2D eigenvalue weighted by Crippen LogP contribution is -2.49. The maximum Gasteiger partial charge on any atom is 0.287 e. The van der Waals surface area contributed by atoms with Gasteiger partial charge in [-0.2, -0.15) is 5.10 Å². The third kappa shape index (κ3) is 4.71. The predicted octanol–water partition coefficient (Wildman–Crippen LogP) is 4.46. The molecule has 0 spiro atoms. The Hall–Kier alpha value is -4.24. The van der Waals surface area contributed by atoms with Crippen molar-refractivity contribution in [2.45, 2.75) is 0 Å². The van der Waals surface area contributed by atoms with E-state index in [-0.39, 0.29) is 11.6 Å². The van der Waals surface area contributed by atoms with Crippen LogP contribution >= 0.6 is 11.6 Å². The number of para-hydroxylation sites is 1. The summed E-state index contributed by atoms with van der Waals surface area (Å²) in [7, 11) is 0. The highest BCUT2D eigenvalue weighted by molar-refractivity contribution is 6.30. The number of hydrogen-bond donors (Lipinski definition) is 0. The summed E-state index contributed by atoms with van der Waals surface area (Å²) in [6.45, 7) is 2.13. The molecule has 9 nitrogen and oxygen atoms in total. The van der Waals surface area contributed by atoms with Crippen LogP contribution < -0.4 is 4.90 Å². The van der Waals surface area contributed by atoms with Gasteiger partial charge in [-0.25, -0.2) is 9.67 Å². The van der Waals surface area contributed by atoms with E-state index in [4.69, 9.17) is 16.7 Å². The highest BCUT2D eigenvalue weighted by atomic mass is 35.5. The minimum Gasteiger partial charge on any atom is -0.353 e. The summed E-state index contributed by atoms with van der Waals surface area (Å²) in [5, 5.41) is 16.2. The molecule has 0 unspecified atom stereocenters. The van der Waals surface area contributed by atoms with Crippen LogP contribution in [0.5, 0.6) is 0 Å². The molecule has 1 amide bonds. The molecule has 0 aliphatic carbocycles. The highest BCUT2D eigenvalue weighted by Crippen LogP contribution is 2.25. The number of anilines is 1. The highest BCUT2D eigenvalue weighted by Gasteiger charge is 2.27. The number of piperazine rings is 1. The van der Waals surface area contributed by atoms with E-state index >= 15 is 0 Å². The average Bonchev–Trinajstić information content (AvgIpc) is 3.35. The van der Waals surface area contributed by atoms with Crippen LogP contribution in [-0.2, 0) is 0 Å². The van der Waals surface area contributed by atoms with Gasteiger partial charge in [0.05, 0.1) is 16.3 Å². The maximum absolute atomic E-state index is 13.6. The monoisotopic (exact) mass is 488 g/mol. The standard InChI is InChI=1S/C25H21ClN6O3/c26-19-8-6-18(7-9-19)22-16-23(31(28-22)20-4-2-1-3-5-20)25(33)30-14-12-29(13-15-30)24-11-10-21(17-27-24)32(34)35/h1-11,16-17H,12-15H2. The Morgan fingerprint density at radius 1 is 0.943 bits per heavy atom. The Morgan fingerprint density at radius 2 is 1.66 bits per heavy atom. The number of carbonyl (C=O) groups excluding carboxylic acids is 1. The first-order valence-corrected chi connectivity index (χ1v) is 11.4. The number of pyridine rings is 1. The number of rotatable bonds is 5. The number of halogens is 1. The zero-order valence-electron chi connectivity index (χ0n) is 18.6. The fraction of sp³-hybridized carbons (Fsp3) is 0.160. The smallest absolute Gasteiger partial charge is 0.287 e. The molecular weight excluding hydrogens is 468 g/mol. The van der Waals surface area contributed by atoms with Gasteiger partial charge < -0.3 is 9.80 Å². The molecule has 3 heterocycles. The molecule has 35 heavy (non-hydrogen) atoms. The number of carbonyl (C=O) groups is 1. The fourth-order valence-electron chi connectivity index (χ4n) is 4.04. The van der Waals surface area contributed by atoms with Crippen LogP contribution in [0, 0.1) is 10.1 Å². The molecule has 1 fully saturated rings. The molecule has 2 aromatic carbocycles. The van der Waals surface area contributed by atoms with Crippen molar-refractivity contribution in [3.63, 3.8) is 0 Å². The molecule has 4 aromatic rings. The van der Waals surface area contributed by atoms with E-state index < -0.39 is 4.92 Å². The normalized spacial score (nSPS) is 13.6. The molecule has 0 saturated carbocycles. The van der Waals surface area contributed by atoms with E-state index in [1.807, 2.05) is 53.4 Å². The zero-order valence-corrected chi connectivity index (χ0v) is 19.4. The Balaban J connectivity index is 1.38. The van der Waals surface area contributed by atoms with Gasteiger partial charge in [0, 0.05) is 42.8 Å². The number of benzene rings is 2. The summed E-state index contributed by atoms with van der Waals surface area (Å²) >= 11 is 6.04. The van der Waals surface area contributed by atoms with E-state index in [2.05, 4.69) is 4.98 Å². The summed E-state index contributed by atoms with van der Waals surface area (Å²) < 4.78 is 1.68. The molecule has 2 aromatic heterocycles. The first-order valence-electron chi connectivity index (χ1n) is 11.1. The van der Waals surface area contributed by atoms with Crippen LogP contribution in [0.15, 0.2) is 79.0 Å². The Morgan fingerprint density at radius 3 is 2.29 bits per heavy atom. The summed E-state index contributed by atoms with van der Waals surface area (Å²) in [4.78, 5) is 32.0. The second-order valence-corrected chi connectivity index (χ2v) is 8.52. The van der Waals surface area contributed by atoms with Crippen molar-refractivity contribution >= 4 is 29.0 Å². The number of hydrogen-bond acceptors (Lipinski definition) is 6. The van der Waals surface area contributed by atoms with Crippen molar-refractivity contribution in [2.75, 3.05) is 31.1 Å². The van der Waals surface area contributed by atoms with Crippen molar-refractivity contribution < 1.29 is 9.72 Å². The van der Waals surface area contributed by atoms with Crippen LogP contribution in [0.1, 0.15) is 10.5 Å². The van der Waals surface area contributed by atoms with E-state index in [0.717, 1.165) is 11.3 Å². The lowest BCUT2D eigenvalue weighted by Gasteiger charge is -2.35. The van der Waals surface area contributed by atoms with Crippen molar-refractivity contribution in [3.05, 3.63) is 99.8 Å². The largest absolute Gasteiger partial charge is 0.353 e. The number of aromatic nitrogens is 3. The summed E-state index contributed by atoms with van der Waals surface area (Å²) in [6.07, 6.45) is 1.25. The zero-order chi connectivity index (χ0) is 24.4. The van der Waals surface area contributed by atoms with Crippen molar-refractivity contribution in [1.29, 1.82) is 0 Å². The summed E-state index contributed by atoms with van der Waals surface area (Å²) in [5.41, 5.74) is 2.77. The molecule has 0 atom stereocenters. The number of nitro groups is 1. The second-order valence-electron chi connectivity index (χ2n) is 8.08. The molecule has 10 heteroatoms. The number of amides is 1. The molecule has 0 N–H and O–H groups in total. The van der Waals surface area contributed by atoms with Gasteiger partial charge in [0.25, 0.3) is 11.6 Å². The Bertz CT molecular complexity index is 1350. The lowest BCUT2D eigenvalue weighted by atomic mass is 10.1. The van der Waals surface area contributed by atoms with Gasteiger partial charge in [0.2, 0.25) is 0 Å². The predicted molar refractivity (Wildman–Crippen MR) is 133 cm³/mol. The third-order valence-electron chi connectivity index (χ3n) is 5.90. The van der Waals surface area contributed by atoms with E-state index in [1.165, 1.54) is 12.3 Å². The maximum atomic E-state index is 13.6. The van der Waals surface area contributed by atoms with Crippen molar-refractivity contribution in [2.24, 2.45) is 0 Å². The topological polar surface area (TPSA) is 97.4 Å². The van der Waals surface area contributed by atoms with E-state index in [0.29, 0.717) is 48.4 Å². The molecule has 0 radical (unpaired) electrons. The van der Waals surface area contributed by atoms with Gasteiger partial charge in [-0.3, -0.25) is 14.9 Å². The molecule has 0 bridgehead atoms.